The summed E-state index contributed by atoms with van der Waals surface area (Å²) in [5.41, 5.74) is 0. The van der Waals surface area contributed by atoms with Crippen LogP contribution >= 0.6 is 8.25 Å². The fourth-order valence-electron chi connectivity index (χ4n) is 0.457. The third-order valence-electron chi connectivity index (χ3n) is 1.06. The Kier molecular flexibility index (Phi) is 1.76. The molecule has 2 unspecified atom stereocenters. The lowest BCUT2D eigenvalue weighted by Crippen LogP contribution is -1.90. The molecule has 0 aliphatic carbocycles. The van der Waals surface area contributed by atoms with Gasteiger partial charge in [-0.25, -0.2) is 0 Å². The number of ether oxygens (including phenoxy) is 2. The summed E-state index contributed by atoms with van der Waals surface area (Å²) in [5.74, 6) is 0. The van der Waals surface area contributed by atoms with Crippen LogP contribution in [0.5, 0.6) is 0 Å². The lowest BCUT2D eigenvalue weighted by atomic mass is 10.9. The van der Waals surface area contributed by atoms with E-state index in [0.717, 1.165) is 0 Å². The zero-order valence-electron chi connectivity index (χ0n) is 5.11. The summed E-state index contributed by atoms with van der Waals surface area (Å²) >= 11 is 0. The minimum atomic E-state index is -2.36. The van der Waals surface area contributed by atoms with E-state index in [2.05, 4.69) is 9.47 Å². The Bertz CT molecular complexity index is 136. The molecule has 2 fully saturated rings. The van der Waals surface area contributed by atoms with Crippen LogP contribution < -0.4 is 0 Å². The van der Waals surface area contributed by atoms with Crippen molar-refractivity contribution >= 4 is 8.25 Å². The van der Waals surface area contributed by atoms with E-state index in [0.29, 0.717) is 13.2 Å². The van der Waals surface area contributed by atoms with E-state index >= 15 is 0 Å². The van der Waals surface area contributed by atoms with E-state index in [1.165, 1.54) is 0 Å². The molecule has 0 bridgehead atoms. The molecule has 2 aliphatic heterocycles. The fraction of sp³-hybridized carbons (Fsp3) is 1.00. The summed E-state index contributed by atoms with van der Waals surface area (Å²) in [6.45, 7) is 1.04. The maximum absolute atomic E-state index is 10.7. The highest BCUT2D eigenvalue weighted by Gasteiger charge is 2.31. The molecular weight excluding hydrogens is 159 g/mol. The predicted octanol–water partition coefficient (Wildman–Crippen LogP) is 0.122. The van der Waals surface area contributed by atoms with Crippen LogP contribution in [0.4, 0.5) is 0 Å². The summed E-state index contributed by atoms with van der Waals surface area (Å²) in [7, 11) is -2.36. The number of hydrogen-bond acceptors (Lipinski definition) is 5. The Morgan fingerprint density at radius 1 is 1.20 bits per heavy atom. The van der Waals surface area contributed by atoms with Gasteiger partial charge >= 0.3 is 8.25 Å². The first-order valence-corrected chi connectivity index (χ1v) is 4.17. The van der Waals surface area contributed by atoms with Gasteiger partial charge < -0.3 is 9.47 Å². The zero-order valence-corrected chi connectivity index (χ0v) is 6.11. The average Bonchev–Trinajstić information content (AvgIpc) is 2.59. The van der Waals surface area contributed by atoms with Crippen LogP contribution in [0.3, 0.4) is 0 Å². The Labute approximate surface area is 58.2 Å². The second kappa shape index (κ2) is 2.60. The van der Waals surface area contributed by atoms with Gasteiger partial charge in [0.2, 0.25) is 0 Å². The molecular formula is C4H7O5P. The molecule has 0 spiro atoms. The van der Waals surface area contributed by atoms with Crippen molar-refractivity contribution in [3.05, 3.63) is 0 Å². The summed E-state index contributed by atoms with van der Waals surface area (Å²) in [5, 5.41) is 0. The molecule has 0 aromatic carbocycles. The predicted molar refractivity (Wildman–Crippen MR) is 30.7 cm³/mol. The molecule has 0 amide bonds. The molecule has 10 heavy (non-hydrogen) atoms. The van der Waals surface area contributed by atoms with E-state index < -0.39 is 8.25 Å². The van der Waals surface area contributed by atoms with Crippen molar-refractivity contribution in [1.82, 2.24) is 0 Å². The molecule has 2 heterocycles. The summed E-state index contributed by atoms with van der Waals surface area (Å²) in [6, 6.07) is 0. The quantitative estimate of drug-likeness (QED) is 0.438. The van der Waals surface area contributed by atoms with Crippen LogP contribution in [0.25, 0.3) is 0 Å². The molecule has 0 radical (unpaired) electrons. The minimum absolute atomic E-state index is 0.301. The van der Waals surface area contributed by atoms with Crippen molar-refractivity contribution in [3.63, 3.8) is 0 Å². The second-order valence-corrected chi connectivity index (χ2v) is 2.98. The lowest BCUT2D eigenvalue weighted by Gasteiger charge is -1.97. The van der Waals surface area contributed by atoms with E-state index in [1.54, 1.807) is 0 Å². The molecule has 0 saturated carbocycles. The van der Waals surface area contributed by atoms with Crippen LogP contribution in [-0.2, 0) is 23.1 Å². The van der Waals surface area contributed by atoms with Crippen molar-refractivity contribution in [3.8, 4) is 0 Å². The van der Waals surface area contributed by atoms with Crippen LogP contribution in [0.2, 0.25) is 0 Å². The summed E-state index contributed by atoms with van der Waals surface area (Å²) in [6.07, 6.45) is -0.602. The highest BCUT2D eigenvalue weighted by atomic mass is 31.1. The third kappa shape index (κ3) is 2.04. The van der Waals surface area contributed by atoms with Crippen LogP contribution in [-0.4, -0.2) is 25.8 Å². The van der Waals surface area contributed by atoms with E-state index in [9.17, 15) is 4.57 Å². The fourth-order valence-corrected chi connectivity index (χ4v) is 1.21. The number of hydrogen-bond donors (Lipinski definition) is 0. The molecule has 58 valence electrons. The molecule has 0 N–H and O–H groups in total. The third-order valence-corrected chi connectivity index (χ3v) is 1.97. The topological polar surface area (TPSA) is 60.6 Å². The van der Waals surface area contributed by atoms with E-state index in [-0.39, 0.29) is 12.6 Å². The van der Waals surface area contributed by atoms with Crippen molar-refractivity contribution < 1.29 is 23.1 Å². The first-order chi connectivity index (χ1) is 4.84. The Morgan fingerprint density at radius 2 is 1.60 bits per heavy atom. The van der Waals surface area contributed by atoms with E-state index in [1.807, 2.05) is 0 Å². The molecule has 6 heteroatoms. The number of epoxide rings is 2. The normalized spacial score (nSPS) is 39.2. The SMILES string of the molecule is O=[PH](OC1CO1)OC1CO1. The van der Waals surface area contributed by atoms with Crippen LogP contribution in [0, 0.1) is 0 Å². The second-order valence-electron chi connectivity index (χ2n) is 2.01. The van der Waals surface area contributed by atoms with Gasteiger partial charge in [-0.2, -0.15) is 0 Å². The molecule has 2 aliphatic rings. The standard InChI is InChI=1S/C4H7O5P/c5-10(8-3-1-6-3)9-4-2-7-4/h3-4,10H,1-2H2. The van der Waals surface area contributed by atoms with E-state index in [4.69, 9.17) is 9.05 Å². The summed E-state index contributed by atoms with van der Waals surface area (Å²) < 4.78 is 29.5. The van der Waals surface area contributed by atoms with Gasteiger partial charge in [0.1, 0.15) is 13.2 Å². The first-order valence-electron chi connectivity index (χ1n) is 2.95. The lowest BCUT2D eigenvalue weighted by molar-refractivity contribution is 0.117. The van der Waals surface area contributed by atoms with Gasteiger partial charge in [-0.1, -0.05) is 0 Å². The van der Waals surface area contributed by atoms with Gasteiger partial charge in [0, 0.05) is 0 Å². The van der Waals surface area contributed by atoms with Crippen LogP contribution in [0.15, 0.2) is 0 Å². The van der Waals surface area contributed by atoms with Gasteiger partial charge in [-0.3, -0.25) is 13.6 Å². The maximum Gasteiger partial charge on any atom is 0.323 e. The molecule has 2 rings (SSSR count). The van der Waals surface area contributed by atoms with Gasteiger partial charge in [-0.05, 0) is 0 Å². The largest absolute Gasteiger partial charge is 0.344 e. The molecule has 0 aromatic rings. The van der Waals surface area contributed by atoms with Crippen LogP contribution in [0.1, 0.15) is 0 Å². The van der Waals surface area contributed by atoms with Gasteiger partial charge in [0.15, 0.2) is 12.6 Å². The van der Waals surface area contributed by atoms with Crippen molar-refractivity contribution in [1.29, 1.82) is 0 Å². The minimum Gasteiger partial charge on any atom is -0.344 e. The monoisotopic (exact) mass is 166 g/mol. The summed E-state index contributed by atoms with van der Waals surface area (Å²) in [4.78, 5) is 0. The van der Waals surface area contributed by atoms with Crippen molar-refractivity contribution in [2.24, 2.45) is 0 Å². The maximum atomic E-state index is 10.7. The number of rotatable bonds is 4. The molecule has 5 nitrogen and oxygen atoms in total. The molecule has 2 saturated heterocycles. The van der Waals surface area contributed by atoms with Crippen molar-refractivity contribution in [2.45, 2.75) is 12.6 Å². The highest BCUT2D eigenvalue weighted by Crippen LogP contribution is 2.35. The zero-order chi connectivity index (χ0) is 6.97. The molecule has 2 atom stereocenters. The van der Waals surface area contributed by atoms with Gasteiger partial charge in [0.05, 0.1) is 0 Å². The first kappa shape index (κ1) is 6.76. The average molecular weight is 166 g/mol. The van der Waals surface area contributed by atoms with Gasteiger partial charge in [0.25, 0.3) is 0 Å². The Morgan fingerprint density at radius 3 is 1.90 bits per heavy atom. The molecule has 0 aromatic heterocycles. The van der Waals surface area contributed by atoms with Crippen molar-refractivity contribution in [2.75, 3.05) is 13.2 Å². The Balaban J connectivity index is 1.64. The van der Waals surface area contributed by atoms with Gasteiger partial charge in [-0.15, -0.1) is 0 Å². The highest BCUT2D eigenvalue weighted by molar-refractivity contribution is 7.33. The Hall–Kier alpha value is 0.0700. The smallest absolute Gasteiger partial charge is 0.323 e.